The standard InChI is InChI=1S/C28H21N5O8S2/c1-16(34)29-25-4-2-3-17-5-12-26(28(35)27(17)25)33-32-24-14-13-23(21-11-10-20(15-22(21)24)43(39,40)41)31-30-18-6-8-19(9-7-18)42(36,37)38/h2-15,32H,1H3,(H,29,34)(H,36,37,38)(H,39,40,41). The van der Waals surface area contributed by atoms with E-state index in [1.165, 1.54) is 49.4 Å². The zero-order chi connectivity index (χ0) is 30.9. The topological polar surface area (TPSA) is 204 Å². The quantitative estimate of drug-likeness (QED) is 0.119. The van der Waals surface area contributed by atoms with Crippen molar-refractivity contribution in [2.45, 2.75) is 16.7 Å². The number of carbonyl (C=O) groups excluding carboxylic acids is 2. The van der Waals surface area contributed by atoms with Gasteiger partial charge in [0.05, 0.1) is 38.1 Å². The van der Waals surface area contributed by atoms with Crippen LogP contribution < -0.4 is 10.7 Å². The van der Waals surface area contributed by atoms with Crippen molar-refractivity contribution < 1.29 is 35.5 Å². The highest BCUT2D eigenvalue weighted by Crippen LogP contribution is 2.35. The number of azo groups is 1. The summed E-state index contributed by atoms with van der Waals surface area (Å²) in [7, 11) is -8.95. The molecule has 0 saturated heterocycles. The van der Waals surface area contributed by atoms with Gasteiger partial charge in [-0.1, -0.05) is 24.3 Å². The molecular weight excluding hydrogens is 598 g/mol. The van der Waals surface area contributed by atoms with Crippen LogP contribution in [0.15, 0.2) is 104 Å². The Morgan fingerprint density at radius 1 is 0.767 bits per heavy atom. The SMILES string of the molecule is CC(=O)Nc1cccc2c1C(=O)C(=NNc1ccc(N=Nc3ccc(S(=O)(=O)O)cc3)c3ccc(S(=O)(=O)O)cc13)C=C2. The summed E-state index contributed by atoms with van der Waals surface area (Å²) in [5.41, 5.74) is 4.81. The first-order valence-corrected chi connectivity index (χ1v) is 15.2. The third kappa shape index (κ3) is 6.39. The predicted molar refractivity (Wildman–Crippen MR) is 159 cm³/mol. The van der Waals surface area contributed by atoms with Gasteiger partial charge < -0.3 is 5.32 Å². The molecule has 5 rings (SSSR count). The van der Waals surface area contributed by atoms with Gasteiger partial charge in [-0.05, 0) is 66.2 Å². The second-order valence-electron chi connectivity index (χ2n) is 9.21. The summed E-state index contributed by atoms with van der Waals surface area (Å²) < 4.78 is 65.1. The zero-order valence-corrected chi connectivity index (χ0v) is 23.7. The average Bonchev–Trinajstić information content (AvgIpc) is 2.95. The first-order chi connectivity index (χ1) is 20.3. The molecule has 15 heteroatoms. The van der Waals surface area contributed by atoms with E-state index in [0.717, 1.165) is 12.1 Å². The number of hydrazone groups is 1. The highest BCUT2D eigenvalue weighted by atomic mass is 32.2. The Morgan fingerprint density at radius 2 is 1.47 bits per heavy atom. The Labute approximate surface area is 245 Å². The van der Waals surface area contributed by atoms with Crippen molar-refractivity contribution in [1.82, 2.24) is 0 Å². The van der Waals surface area contributed by atoms with E-state index in [0.29, 0.717) is 16.6 Å². The molecule has 0 aliphatic heterocycles. The summed E-state index contributed by atoms with van der Waals surface area (Å²) in [4.78, 5) is 24.2. The lowest BCUT2D eigenvalue weighted by molar-refractivity contribution is -0.114. The Kier molecular flexibility index (Phi) is 7.72. The van der Waals surface area contributed by atoms with Crippen molar-refractivity contribution in [2.24, 2.45) is 15.3 Å². The van der Waals surface area contributed by atoms with Gasteiger partial charge >= 0.3 is 0 Å². The van der Waals surface area contributed by atoms with E-state index in [9.17, 15) is 31.0 Å². The number of allylic oxidation sites excluding steroid dienone is 1. The van der Waals surface area contributed by atoms with Crippen molar-refractivity contribution in [1.29, 1.82) is 0 Å². The number of hydrogen-bond acceptors (Lipinski definition) is 10. The Hall–Kier alpha value is -5.09. The van der Waals surface area contributed by atoms with Crippen molar-refractivity contribution >= 4 is 77.2 Å². The summed E-state index contributed by atoms with van der Waals surface area (Å²) in [6, 6.07) is 16.9. The van der Waals surface area contributed by atoms with Crippen LogP contribution >= 0.6 is 0 Å². The lowest BCUT2D eigenvalue weighted by atomic mass is 9.93. The molecule has 0 fully saturated rings. The molecule has 4 N–H and O–H groups in total. The molecule has 0 unspecified atom stereocenters. The number of benzene rings is 4. The zero-order valence-electron chi connectivity index (χ0n) is 22.1. The molecule has 0 radical (unpaired) electrons. The van der Waals surface area contributed by atoms with Crippen LogP contribution in [0, 0.1) is 0 Å². The third-order valence-corrected chi connectivity index (χ3v) is 7.97. The van der Waals surface area contributed by atoms with Crippen molar-refractivity contribution in [3.63, 3.8) is 0 Å². The number of nitrogens with one attached hydrogen (secondary N) is 2. The molecule has 1 aliphatic carbocycles. The van der Waals surface area contributed by atoms with Gasteiger partial charge in [0.15, 0.2) is 0 Å². The number of anilines is 2. The molecular formula is C28H21N5O8S2. The first-order valence-electron chi connectivity index (χ1n) is 12.3. The van der Waals surface area contributed by atoms with E-state index in [-0.39, 0.29) is 44.5 Å². The molecule has 0 spiro atoms. The molecule has 0 aromatic heterocycles. The summed E-state index contributed by atoms with van der Waals surface area (Å²) in [6.07, 6.45) is 3.17. The van der Waals surface area contributed by atoms with E-state index in [2.05, 4.69) is 26.1 Å². The highest BCUT2D eigenvalue weighted by molar-refractivity contribution is 7.86. The number of hydrogen-bond donors (Lipinski definition) is 4. The van der Waals surface area contributed by atoms with E-state index in [4.69, 9.17) is 4.55 Å². The number of rotatable bonds is 7. The Balaban J connectivity index is 1.52. The van der Waals surface area contributed by atoms with Gasteiger partial charge in [0.2, 0.25) is 11.7 Å². The first kappa shape index (κ1) is 29.4. The van der Waals surface area contributed by atoms with Gasteiger partial charge in [-0.15, -0.1) is 5.11 Å². The maximum Gasteiger partial charge on any atom is 0.294 e. The van der Waals surface area contributed by atoms with Gasteiger partial charge in [0.25, 0.3) is 20.2 Å². The smallest absolute Gasteiger partial charge is 0.294 e. The molecule has 4 aromatic carbocycles. The van der Waals surface area contributed by atoms with Crippen LogP contribution in [0.5, 0.6) is 0 Å². The summed E-state index contributed by atoms with van der Waals surface area (Å²) in [5.74, 6) is -0.802. The number of ketones is 1. The van der Waals surface area contributed by atoms with E-state index < -0.39 is 30.9 Å². The molecule has 0 bridgehead atoms. The van der Waals surface area contributed by atoms with Gasteiger partial charge in [-0.2, -0.15) is 27.1 Å². The molecule has 4 aromatic rings. The monoisotopic (exact) mass is 619 g/mol. The molecule has 43 heavy (non-hydrogen) atoms. The lowest BCUT2D eigenvalue weighted by Gasteiger charge is -2.16. The molecule has 1 aliphatic rings. The average molecular weight is 620 g/mol. The van der Waals surface area contributed by atoms with Crippen LogP contribution in [0.2, 0.25) is 0 Å². The number of fused-ring (bicyclic) bond motifs is 2. The van der Waals surface area contributed by atoms with Crippen molar-refractivity contribution in [2.75, 3.05) is 10.7 Å². The lowest BCUT2D eigenvalue weighted by Crippen LogP contribution is -2.21. The fourth-order valence-corrected chi connectivity index (χ4v) is 5.28. The number of amides is 1. The van der Waals surface area contributed by atoms with Crippen LogP contribution in [0.1, 0.15) is 22.8 Å². The molecule has 218 valence electrons. The second kappa shape index (κ2) is 11.3. The van der Waals surface area contributed by atoms with Crippen LogP contribution in [-0.4, -0.2) is 43.3 Å². The van der Waals surface area contributed by atoms with E-state index in [1.807, 2.05) is 0 Å². The van der Waals surface area contributed by atoms with Crippen molar-refractivity contribution in [3.8, 4) is 0 Å². The minimum atomic E-state index is -4.57. The van der Waals surface area contributed by atoms with Gasteiger partial charge in [-0.25, -0.2) is 0 Å². The van der Waals surface area contributed by atoms with Crippen LogP contribution in [0.3, 0.4) is 0 Å². The van der Waals surface area contributed by atoms with Crippen molar-refractivity contribution in [3.05, 3.63) is 90.0 Å². The summed E-state index contributed by atoms with van der Waals surface area (Å²) in [5, 5.41) is 15.8. The van der Waals surface area contributed by atoms with Crippen LogP contribution in [0.4, 0.5) is 22.7 Å². The molecule has 1 amide bonds. The fourth-order valence-electron chi connectivity index (χ4n) is 4.29. The van der Waals surface area contributed by atoms with Gasteiger partial charge in [0, 0.05) is 17.7 Å². The Morgan fingerprint density at radius 3 is 2.14 bits per heavy atom. The number of Topliss-reactive ketones (excluding diaryl/α,β-unsaturated/α-hetero) is 1. The second-order valence-corrected chi connectivity index (χ2v) is 12.0. The maximum atomic E-state index is 13.3. The molecule has 13 nitrogen and oxygen atoms in total. The van der Waals surface area contributed by atoms with Crippen LogP contribution in [0.25, 0.3) is 16.8 Å². The highest BCUT2D eigenvalue weighted by Gasteiger charge is 2.23. The normalized spacial score (nSPS) is 14.3. The number of carbonyl (C=O) groups is 2. The number of nitrogens with zero attached hydrogens (tertiary/aromatic N) is 3. The molecule has 0 atom stereocenters. The minimum Gasteiger partial charge on any atom is -0.326 e. The predicted octanol–water partition coefficient (Wildman–Crippen LogP) is 5.38. The fraction of sp³-hybridized carbons (Fsp3) is 0.0357. The maximum absolute atomic E-state index is 13.3. The minimum absolute atomic E-state index is 0.0153. The largest absolute Gasteiger partial charge is 0.326 e. The van der Waals surface area contributed by atoms with E-state index in [1.54, 1.807) is 30.3 Å². The van der Waals surface area contributed by atoms with Gasteiger partial charge in [-0.3, -0.25) is 24.1 Å². The summed E-state index contributed by atoms with van der Waals surface area (Å²) >= 11 is 0. The molecule has 0 heterocycles. The molecule has 0 saturated carbocycles. The third-order valence-electron chi connectivity index (χ3n) is 6.26. The van der Waals surface area contributed by atoms with E-state index >= 15 is 0 Å². The Bertz CT molecular complexity index is 2120. The summed E-state index contributed by atoms with van der Waals surface area (Å²) in [6.45, 7) is 1.33. The van der Waals surface area contributed by atoms with Crippen LogP contribution in [-0.2, 0) is 25.0 Å². The van der Waals surface area contributed by atoms with Gasteiger partial charge in [0.1, 0.15) is 5.71 Å².